The summed E-state index contributed by atoms with van der Waals surface area (Å²) in [6, 6.07) is 4.52. The number of nitrogens with zero attached hydrogens (tertiary/aromatic N) is 1. The third kappa shape index (κ3) is 4.18. The number of carbonyl (C=O) groups excluding carboxylic acids is 3. The quantitative estimate of drug-likeness (QED) is 0.696. The van der Waals surface area contributed by atoms with Crippen molar-refractivity contribution in [2.45, 2.75) is 32.4 Å². The van der Waals surface area contributed by atoms with Crippen molar-refractivity contribution in [3.05, 3.63) is 46.7 Å². The van der Waals surface area contributed by atoms with Gasteiger partial charge in [0.2, 0.25) is 0 Å². The molecule has 2 heterocycles. The number of methoxy groups -OCH3 is 1. The minimum absolute atomic E-state index is 0.00187. The number of esters is 2. The average molecular weight is 436 g/mol. The Bertz CT molecular complexity index is 998. The Kier molecular flexibility index (Phi) is 6.16. The Balaban J connectivity index is 2.02. The van der Waals surface area contributed by atoms with Gasteiger partial charge in [-0.25, -0.2) is 22.8 Å². The lowest BCUT2D eigenvalue weighted by molar-refractivity contribution is -0.139. The summed E-state index contributed by atoms with van der Waals surface area (Å²) in [6.45, 7) is 3.44. The molecule has 10 heteroatoms. The first kappa shape index (κ1) is 21.8. The molecule has 2 aliphatic rings. The van der Waals surface area contributed by atoms with E-state index in [0.29, 0.717) is 23.2 Å². The Hall–Kier alpha value is -2.88. The molecule has 0 aliphatic carbocycles. The van der Waals surface area contributed by atoms with Crippen molar-refractivity contribution in [2.75, 3.05) is 25.2 Å². The van der Waals surface area contributed by atoms with Crippen LogP contribution in [0.2, 0.25) is 0 Å². The number of benzene rings is 1. The third-order valence-corrected chi connectivity index (χ3v) is 7.01. The van der Waals surface area contributed by atoms with Gasteiger partial charge in [0, 0.05) is 5.70 Å². The maximum absolute atomic E-state index is 12.9. The van der Waals surface area contributed by atoms with Crippen molar-refractivity contribution in [3.63, 3.8) is 0 Å². The van der Waals surface area contributed by atoms with Gasteiger partial charge in [-0.05, 0) is 38.0 Å². The normalized spacial score (nSPS) is 23.2. The molecule has 3 rings (SSSR count). The van der Waals surface area contributed by atoms with Crippen LogP contribution >= 0.6 is 0 Å². The number of nitrogens with one attached hydrogen (secondary N) is 1. The van der Waals surface area contributed by atoms with E-state index in [2.05, 4.69) is 10.1 Å². The van der Waals surface area contributed by atoms with Gasteiger partial charge >= 0.3 is 18.0 Å². The second-order valence-electron chi connectivity index (χ2n) is 7.14. The Labute approximate surface area is 174 Å². The fraction of sp³-hybridized carbons (Fsp3) is 0.450. The standard InChI is InChI=1S/C20H24N2O7S/c1-4-29-19(24)16-12(2)22(15-9-10-30(26,27)11-15)20(25)21-17(16)13-5-7-14(8-6-13)18(23)28-3/h5-8,15,17H,4,9-11H2,1-3H3,(H,21,25)/t15-,17-/m0/s1. The van der Waals surface area contributed by atoms with Crippen LogP contribution in [0.15, 0.2) is 35.5 Å². The monoisotopic (exact) mass is 436 g/mol. The van der Waals surface area contributed by atoms with Crippen molar-refractivity contribution in [2.24, 2.45) is 0 Å². The van der Waals surface area contributed by atoms with Crippen LogP contribution in [0.4, 0.5) is 4.79 Å². The molecule has 30 heavy (non-hydrogen) atoms. The smallest absolute Gasteiger partial charge is 0.338 e. The molecule has 1 N–H and O–H groups in total. The molecule has 1 aromatic carbocycles. The van der Waals surface area contributed by atoms with Crippen molar-refractivity contribution in [3.8, 4) is 0 Å². The molecular formula is C20H24N2O7S. The van der Waals surface area contributed by atoms with Crippen molar-refractivity contribution >= 4 is 27.8 Å². The molecule has 2 amide bonds. The van der Waals surface area contributed by atoms with Crippen LogP contribution in [-0.2, 0) is 24.1 Å². The number of carbonyl (C=O) groups is 3. The highest BCUT2D eigenvalue weighted by atomic mass is 32.2. The highest BCUT2D eigenvalue weighted by Gasteiger charge is 2.42. The molecule has 9 nitrogen and oxygen atoms in total. The molecule has 0 saturated carbocycles. The minimum Gasteiger partial charge on any atom is -0.465 e. The molecular weight excluding hydrogens is 412 g/mol. The molecule has 0 spiro atoms. The van der Waals surface area contributed by atoms with Crippen LogP contribution in [0.1, 0.15) is 42.2 Å². The molecule has 0 radical (unpaired) electrons. The van der Waals surface area contributed by atoms with Crippen LogP contribution in [0.5, 0.6) is 0 Å². The number of amides is 2. The second-order valence-corrected chi connectivity index (χ2v) is 9.37. The summed E-state index contributed by atoms with van der Waals surface area (Å²) >= 11 is 0. The molecule has 1 saturated heterocycles. The van der Waals surface area contributed by atoms with Crippen molar-refractivity contribution in [1.82, 2.24) is 10.2 Å². The van der Waals surface area contributed by atoms with E-state index in [-0.39, 0.29) is 23.7 Å². The van der Waals surface area contributed by atoms with E-state index in [1.807, 2.05) is 0 Å². The topological polar surface area (TPSA) is 119 Å². The van der Waals surface area contributed by atoms with Gasteiger partial charge in [-0.15, -0.1) is 0 Å². The predicted molar refractivity (Wildman–Crippen MR) is 107 cm³/mol. The SMILES string of the molecule is CCOC(=O)C1=C(C)N([C@H]2CCS(=O)(=O)C2)C(=O)N[C@H]1c1ccc(C(=O)OC)cc1. The number of rotatable bonds is 5. The second kappa shape index (κ2) is 8.47. The molecule has 162 valence electrons. The maximum Gasteiger partial charge on any atom is 0.338 e. The molecule has 0 aromatic heterocycles. The largest absolute Gasteiger partial charge is 0.465 e. The van der Waals surface area contributed by atoms with E-state index < -0.39 is 39.9 Å². The first-order chi connectivity index (χ1) is 14.2. The zero-order chi connectivity index (χ0) is 22.1. The summed E-state index contributed by atoms with van der Waals surface area (Å²) in [4.78, 5) is 38.7. The van der Waals surface area contributed by atoms with Crippen LogP contribution < -0.4 is 5.32 Å². The zero-order valence-electron chi connectivity index (χ0n) is 17.0. The van der Waals surface area contributed by atoms with Gasteiger partial charge in [-0.1, -0.05) is 12.1 Å². The first-order valence-corrected chi connectivity index (χ1v) is 11.4. The average Bonchev–Trinajstić information content (AvgIpc) is 3.06. The Morgan fingerprint density at radius 1 is 1.20 bits per heavy atom. The van der Waals surface area contributed by atoms with Gasteiger partial charge in [0.05, 0.1) is 48.4 Å². The van der Waals surface area contributed by atoms with E-state index >= 15 is 0 Å². The van der Waals surface area contributed by atoms with Crippen LogP contribution in [0.3, 0.4) is 0 Å². The number of hydrogen-bond donors (Lipinski definition) is 1. The van der Waals surface area contributed by atoms with Gasteiger partial charge in [0.1, 0.15) is 0 Å². The summed E-state index contributed by atoms with van der Waals surface area (Å²) < 4.78 is 33.7. The van der Waals surface area contributed by atoms with Crippen LogP contribution in [-0.4, -0.2) is 62.6 Å². The number of hydrogen-bond acceptors (Lipinski definition) is 7. The lowest BCUT2D eigenvalue weighted by atomic mass is 9.93. The van der Waals surface area contributed by atoms with Gasteiger partial charge < -0.3 is 14.8 Å². The van der Waals surface area contributed by atoms with E-state index in [4.69, 9.17) is 4.74 Å². The van der Waals surface area contributed by atoms with E-state index in [1.54, 1.807) is 38.1 Å². The minimum atomic E-state index is -3.22. The number of urea groups is 1. The molecule has 0 bridgehead atoms. The zero-order valence-corrected chi connectivity index (χ0v) is 17.8. The first-order valence-electron chi connectivity index (χ1n) is 9.54. The highest BCUT2D eigenvalue weighted by molar-refractivity contribution is 7.91. The molecule has 2 atom stereocenters. The number of sulfone groups is 1. The Morgan fingerprint density at radius 3 is 2.40 bits per heavy atom. The Morgan fingerprint density at radius 2 is 1.87 bits per heavy atom. The molecule has 0 unspecified atom stereocenters. The fourth-order valence-electron chi connectivity index (χ4n) is 3.83. The summed E-state index contributed by atoms with van der Waals surface area (Å²) in [5, 5.41) is 2.79. The number of ether oxygens (including phenoxy) is 2. The maximum atomic E-state index is 12.9. The predicted octanol–water partition coefficient (Wildman–Crippen LogP) is 1.56. The molecule has 2 aliphatic heterocycles. The van der Waals surface area contributed by atoms with Crippen molar-refractivity contribution in [1.29, 1.82) is 0 Å². The summed E-state index contributed by atoms with van der Waals surface area (Å²) in [5.74, 6) is -1.24. The van der Waals surface area contributed by atoms with E-state index in [1.165, 1.54) is 12.0 Å². The van der Waals surface area contributed by atoms with E-state index in [9.17, 15) is 22.8 Å². The van der Waals surface area contributed by atoms with Crippen molar-refractivity contribution < 1.29 is 32.3 Å². The van der Waals surface area contributed by atoms with Crippen LogP contribution in [0.25, 0.3) is 0 Å². The number of allylic oxidation sites excluding steroid dienone is 1. The highest BCUT2D eigenvalue weighted by Crippen LogP contribution is 2.34. The molecule has 1 aromatic rings. The van der Waals surface area contributed by atoms with Gasteiger partial charge in [0.15, 0.2) is 9.84 Å². The lowest BCUT2D eigenvalue weighted by Crippen LogP contribution is -2.52. The summed E-state index contributed by atoms with van der Waals surface area (Å²) in [7, 11) is -1.95. The van der Waals surface area contributed by atoms with E-state index in [0.717, 1.165) is 0 Å². The van der Waals surface area contributed by atoms with Gasteiger partial charge in [-0.2, -0.15) is 0 Å². The van der Waals surface area contributed by atoms with Gasteiger partial charge in [0.25, 0.3) is 0 Å². The summed E-state index contributed by atoms with van der Waals surface area (Å²) in [5.41, 5.74) is 1.50. The van der Waals surface area contributed by atoms with Gasteiger partial charge in [-0.3, -0.25) is 4.90 Å². The lowest BCUT2D eigenvalue weighted by Gasteiger charge is -2.38. The molecule has 1 fully saturated rings. The third-order valence-electron chi connectivity index (χ3n) is 5.26. The van der Waals surface area contributed by atoms with Crippen LogP contribution in [0, 0.1) is 0 Å². The fourth-order valence-corrected chi connectivity index (χ4v) is 5.53. The summed E-state index contributed by atoms with van der Waals surface area (Å²) in [6.07, 6.45) is 0.307.